The Morgan fingerprint density at radius 2 is 1.43 bits per heavy atom. The SMILES string of the molecule is [N-]=[N+]=NCCCCC/C=C\C/C=C\CCCCCCCC(=O)O. The van der Waals surface area contributed by atoms with Gasteiger partial charge < -0.3 is 5.11 Å². The molecule has 0 aromatic heterocycles. The lowest BCUT2D eigenvalue weighted by atomic mass is 10.1. The lowest BCUT2D eigenvalue weighted by molar-refractivity contribution is -0.137. The fraction of sp³-hybridized carbons (Fsp3) is 0.722. The van der Waals surface area contributed by atoms with Crippen LogP contribution in [0.2, 0.25) is 0 Å². The highest BCUT2D eigenvalue weighted by atomic mass is 16.4. The van der Waals surface area contributed by atoms with E-state index < -0.39 is 5.97 Å². The van der Waals surface area contributed by atoms with Crippen molar-refractivity contribution in [2.24, 2.45) is 5.11 Å². The topological polar surface area (TPSA) is 86.1 Å². The van der Waals surface area contributed by atoms with Gasteiger partial charge in [-0.2, -0.15) is 0 Å². The molecule has 0 aromatic carbocycles. The van der Waals surface area contributed by atoms with Gasteiger partial charge in [0.05, 0.1) is 0 Å². The van der Waals surface area contributed by atoms with E-state index in [1.165, 1.54) is 12.8 Å². The zero-order chi connectivity index (χ0) is 17.0. The summed E-state index contributed by atoms with van der Waals surface area (Å²) >= 11 is 0. The summed E-state index contributed by atoms with van der Waals surface area (Å²) in [4.78, 5) is 13.1. The molecule has 0 aliphatic rings. The maximum absolute atomic E-state index is 10.3. The molecule has 130 valence electrons. The fourth-order valence-electron chi connectivity index (χ4n) is 2.24. The maximum atomic E-state index is 10.3. The number of carboxylic acid groups (broad SMARTS) is 1. The summed E-state index contributed by atoms with van der Waals surface area (Å²) in [5, 5.41) is 12.0. The Morgan fingerprint density at radius 3 is 2.04 bits per heavy atom. The van der Waals surface area contributed by atoms with Crippen molar-refractivity contribution >= 4 is 5.97 Å². The van der Waals surface area contributed by atoms with Gasteiger partial charge in [-0.1, -0.05) is 55.1 Å². The predicted octanol–water partition coefficient (Wildman–Crippen LogP) is 6.17. The van der Waals surface area contributed by atoms with Crippen LogP contribution in [-0.2, 0) is 4.79 Å². The minimum Gasteiger partial charge on any atom is -0.481 e. The van der Waals surface area contributed by atoms with Crippen LogP contribution in [0.3, 0.4) is 0 Å². The Hall–Kier alpha value is -1.74. The molecular weight excluding hydrogens is 290 g/mol. The summed E-state index contributed by atoms with van der Waals surface area (Å²) in [5.74, 6) is -0.686. The monoisotopic (exact) mass is 321 g/mol. The average Bonchev–Trinajstić information content (AvgIpc) is 2.53. The van der Waals surface area contributed by atoms with Crippen LogP contribution >= 0.6 is 0 Å². The van der Waals surface area contributed by atoms with E-state index in [1.807, 2.05) is 0 Å². The number of allylic oxidation sites excluding steroid dienone is 4. The van der Waals surface area contributed by atoms with Crippen LogP contribution in [-0.4, -0.2) is 17.6 Å². The van der Waals surface area contributed by atoms with Gasteiger partial charge in [0.2, 0.25) is 0 Å². The Morgan fingerprint density at radius 1 is 0.870 bits per heavy atom. The summed E-state index contributed by atoms with van der Waals surface area (Å²) in [5.41, 5.74) is 8.13. The van der Waals surface area contributed by atoms with Gasteiger partial charge in [0.15, 0.2) is 0 Å². The van der Waals surface area contributed by atoms with Crippen molar-refractivity contribution < 1.29 is 9.90 Å². The largest absolute Gasteiger partial charge is 0.481 e. The summed E-state index contributed by atoms with van der Waals surface area (Å²) in [7, 11) is 0. The van der Waals surface area contributed by atoms with Crippen molar-refractivity contribution in [1.82, 2.24) is 0 Å². The lowest BCUT2D eigenvalue weighted by Crippen LogP contribution is -1.93. The van der Waals surface area contributed by atoms with E-state index in [4.69, 9.17) is 10.6 Å². The molecule has 0 aromatic rings. The van der Waals surface area contributed by atoms with Gasteiger partial charge >= 0.3 is 5.97 Å². The number of nitrogens with zero attached hydrogens (tertiary/aromatic N) is 3. The third-order valence-corrected chi connectivity index (χ3v) is 3.56. The van der Waals surface area contributed by atoms with Gasteiger partial charge in [-0.25, -0.2) is 0 Å². The predicted molar refractivity (Wildman–Crippen MR) is 95.3 cm³/mol. The Kier molecular flexibility index (Phi) is 16.9. The molecule has 0 unspecified atom stereocenters. The number of carbonyl (C=O) groups is 1. The number of carboxylic acids is 1. The first-order valence-corrected chi connectivity index (χ1v) is 8.80. The average molecular weight is 321 g/mol. The standard InChI is InChI=1S/C18H31N3O2/c19-21-20-17-15-13-11-9-7-5-3-1-2-4-6-8-10-12-14-16-18(22)23/h1-2,5,7H,3-4,6,8-17H2,(H,22,23)/b2-1-,7-5-. The molecule has 0 spiro atoms. The summed E-state index contributed by atoms with van der Waals surface area (Å²) in [6, 6.07) is 0. The highest BCUT2D eigenvalue weighted by Gasteiger charge is 1.95. The van der Waals surface area contributed by atoms with Gasteiger partial charge in [0.1, 0.15) is 0 Å². The highest BCUT2D eigenvalue weighted by Crippen LogP contribution is 2.08. The molecule has 0 rings (SSSR count). The van der Waals surface area contributed by atoms with Crippen LogP contribution in [0.4, 0.5) is 0 Å². The van der Waals surface area contributed by atoms with Crippen molar-refractivity contribution in [3.8, 4) is 0 Å². The third-order valence-electron chi connectivity index (χ3n) is 3.56. The van der Waals surface area contributed by atoms with Crippen LogP contribution in [0.5, 0.6) is 0 Å². The molecule has 0 aliphatic heterocycles. The highest BCUT2D eigenvalue weighted by molar-refractivity contribution is 5.66. The fourth-order valence-corrected chi connectivity index (χ4v) is 2.24. The van der Waals surface area contributed by atoms with E-state index in [0.717, 1.165) is 57.8 Å². The van der Waals surface area contributed by atoms with Crippen LogP contribution in [0.25, 0.3) is 10.4 Å². The van der Waals surface area contributed by atoms with Gasteiger partial charge in [-0.3, -0.25) is 4.79 Å². The molecule has 1 N–H and O–H groups in total. The van der Waals surface area contributed by atoms with E-state index in [-0.39, 0.29) is 0 Å². The first-order chi connectivity index (χ1) is 11.3. The number of aliphatic carboxylic acids is 1. The molecule has 0 saturated heterocycles. The van der Waals surface area contributed by atoms with Gasteiger partial charge in [-0.05, 0) is 50.5 Å². The molecule has 0 radical (unpaired) electrons. The first-order valence-electron chi connectivity index (χ1n) is 8.80. The molecule has 5 heteroatoms. The molecule has 5 nitrogen and oxygen atoms in total. The van der Waals surface area contributed by atoms with E-state index in [9.17, 15) is 4.79 Å². The van der Waals surface area contributed by atoms with Gasteiger partial charge in [0, 0.05) is 17.9 Å². The second-order valence-corrected chi connectivity index (χ2v) is 5.68. The minimum absolute atomic E-state index is 0.306. The molecular formula is C18H31N3O2. The van der Waals surface area contributed by atoms with E-state index in [0.29, 0.717) is 13.0 Å². The third kappa shape index (κ3) is 20.3. The maximum Gasteiger partial charge on any atom is 0.303 e. The number of unbranched alkanes of at least 4 members (excludes halogenated alkanes) is 8. The zero-order valence-corrected chi connectivity index (χ0v) is 14.2. The van der Waals surface area contributed by atoms with E-state index >= 15 is 0 Å². The van der Waals surface area contributed by atoms with Crippen molar-refractivity contribution in [2.45, 2.75) is 77.0 Å². The first kappa shape index (κ1) is 21.3. The Labute approximate surface area is 140 Å². The number of hydrogen-bond acceptors (Lipinski definition) is 2. The molecule has 0 amide bonds. The number of hydrogen-bond donors (Lipinski definition) is 1. The normalized spacial score (nSPS) is 11.1. The zero-order valence-electron chi connectivity index (χ0n) is 14.2. The van der Waals surface area contributed by atoms with Crippen LogP contribution in [0.15, 0.2) is 29.4 Å². The van der Waals surface area contributed by atoms with Crippen LogP contribution in [0.1, 0.15) is 77.0 Å². The molecule has 23 heavy (non-hydrogen) atoms. The molecule has 0 atom stereocenters. The number of azide groups is 1. The second-order valence-electron chi connectivity index (χ2n) is 5.68. The quantitative estimate of drug-likeness (QED) is 0.121. The molecule has 0 fully saturated rings. The molecule has 0 heterocycles. The Balaban J connectivity index is 3.22. The molecule has 0 aliphatic carbocycles. The van der Waals surface area contributed by atoms with Crippen molar-refractivity contribution in [1.29, 1.82) is 0 Å². The number of rotatable bonds is 16. The summed E-state index contributed by atoms with van der Waals surface area (Å²) in [6.07, 6.45) is 21.0. The van der Waals surface area contributed by atoms with Gasteiger partial charge in [0.25, 0.3) is 0 Å². The summed E-state index contributed by atoms with van der Waals surface area (Å²) < 4.78 is 0. The van der Waals surface area contributed by atoms with Crippen molar-refractivity contribution in [3.05, 3.63) is 34.7 Å². The smallest absolute Gasteiger partial charge is 0.303 e. The minimum atomic E-state index is -0.686. The van der Waals surface area contributed by atoms with Crippen molar-refractivity contribution in [2.75, 3.05) is 6.54 Å². The van der Waals surface area contributed by atoms with E-state index in [1.54, 1.807) is 0 Å². The Bertz CT molecular complexity index is 386. The van der Waals surface area contributed by atoms with Crippen LogP contribution in [0, 0.1) is 0 Å². The van der Waals surface area contributed by atoms with Crippen molar-refractivity contribution in [3.63, 3.8) is 0 Å². The molecule has 0 saturated carbocycles. The molecule has 0 bridgehead atoms. The second kappa shape index (κ2) is 18.3. The van der Waals surface area contributed by atoms with E-state index in [2.05, 4.69) is 34.3 Å². The summed E-state index contributed by atoms with van der Waals surface area (Å²) in [6.45, 7) is 0.614. The lowest BCUT2D eigenvalue weighted by Gasteiger charge is -1.98. The van der Waals surface area contributed by atoms with Gasteiger partial charge in [-0.15, -0.1) is 0 Å². The van der Waals surface area contributed by atoms with Crippen LogP contribution < -0.4 is 0 Å².